The second-order valence-corrected chi connectivity index (χ2v) is 6.57. The van der Waals surface area contributed by atoms with Gasteiger partial charge in [0.2, 0.25) is 0 Å². The van der Waals surface area contributed by atoms with E-state index in [9.17, 15) is 4.79 Å². The van der Waals surface area contributed by atoms with Crippen molar-refractivity contribution in [3.8, 4) is 34.0 Å². The first-order chi connectivity index (χ1) is 13.6. The zero-order chi connectivity index (χ0) is 19.5. The molecule has 7 nitrogen and oxygen atoms in total. The smallest absolute Gasteiger partial charge is 0.266 e. The van der Waals surface area contributed by atoms with Gasteiger partial charge in [0.25, 0.3) is 5.56 Å². The molecule has 3 aromatic heterocycles. The molecule has 0 fully saturated rings. The van der Waals surface area contributed by atoms with Crippen LogP contribution in [0.1, 0.15) is 5.56 Å². The molecule has 28 heavy (non-hydrogen) atoms. The molecule has 0 saturated carbocycles. The van der Waals surface area contributed by atoms with E-state index >= 15 is 0 Å². The fourth-order valence-electron chi connectivity index (χ4n) is 2.76. The fraction of sp³-hybridized carbons (Fsp3) is 0.100. The van der Waals surface area contributed by atoms with Gasteiger partial charge in [0.15, 0.2) is 5.76 Å². The van der Waals surface area contributed by atoms with Gasteiger partial charge in [-0.05, 0) is 18.7 Å². The summed E-state index contributed by atoms with van der Waals surface area (Å²) in [7, 11) is 1.91. The zero-order valence-electron chi connectivity index (χ0n) is 14.9. The first-order valence-electron chi connectivity index (χ1n) is 8.55. The molecule has 0 amide bonds. The van der Waals surface area contributed by atoms with Crippen LogP contribution in [0.15, 0.2) is 64.3 Å². The maximum absolute atomic E-state index is 11.4. The van der Waals surface area contributed by atoms with Gasteiger partial charge in [-0.1, -0.05) is 41.0 Å². The largest absolute Gasteiger partial charge is 0.354 e. The van der Waals surface area contributed by atoms with Crippen LogP contribution in [0.4, 0.5) is 0 Å². The molecule has 8 heteroatoms. The molecule has 0 bridgehead atoms. The lowest BCUT2D eigenvalue weighted by Crippen LogP contribution is -2.05. The second-order valence-electron chi connectivity index (χ2n) is 6.16. The Bertz CT molecular complexity index is 1170. The summed E-state index contributed by atoms with van der Waals surface area (Å²) in [4.78, 5) is 22.8. The molecule has 4 aromatic rings. The minimum absolute atomic E-state index is 0.0911. The van der Waals surface area contributed by atoms with Crippen molar-refractivity contribution in [2.45, 2.75) is 6.54 Å². The molecule has 0 radical (unpaired) electrons. The van der Waals surface area contributed by atoms with Crippen LogP contribution >= 0.6 is 11.6 Å². The number of pyridine rings is 1. The molecule has 0 spiro atoms. The number of aromatic nitrogens is 4. The van der Waals surface area contributed by atoms with E-state index in [0.717, 1.165) is 12.1 Å². The minimum Gasteiger partial charge on any atom is -0.354 e. The molecule has 0 saturated heterocycles. The summed E-state index contributed by atoms with van der Waals surface area (Å²) < 4.78 is 5.47. The molecule has 0 atom stereocenters. The second kappa shape index (κ2) is 7.75. The van der Waals surface area contributed by atoms with Gasteiger partial charge in [0.05, 0.1) is 18.1 Å². The third kappa shape index (κ3) is 3.71. The molecule has 3 heterocycles. The monoisotopic (exact) mass is 393 g/mol. The Kier molecular flexibility index (Phi) is 5.01. The lowest BCUT2D eigenvalue weighted by atomic mass is 10.1. The highest BCUT2D eigenvalue weighted by Crippen LogP contribution is 2.26. The first kappa shape index (κ1) is 18.1. The third-order valence-electron chi connectivity index (χ3n) is 4.18. The van der Waals surface area contributed by atoms with Gasteiger partial charge in [-0.25, -0.2) is 4.98 Å². The van der Waals surface area contributed by atoms with Gasteiger partial charge in [0, 0.05) is 29.9 Å². The average molecular weight is 394 g/mol. The quantitative estimate of drug-likeness (QED) is 0.538. The van der Waals surface area contributed by atoms with Crippen molar-refractivity contribution in [1.82, 2.24) is 25.4 Å². The Hall–Kier alpha value is -3.29. The van der Waals surface area contributed by atoms with Crippen molar-refractivity contribution < 1.29 is 4.52 Å². The number of nitrogens with zero attached hydrogens (tertiary/aromatic N) is 3. The molecular weight excluding hydrogens is 378 g/mol. The summed E-state index contributed by atoms with van der Waals surface area (Å²) in [6.07, 6.45) is 4.73. The average Bonchev–Trinajstić information content (AvgIpc) is 3.21. The van der Waals surface area contributed by atoms with Crippen LogP contribution in [0.2, 0.25) is 5.02 Å². The highest BCUT2D eigenvalue weighted by atomic mass is 35.5. The molecule has 0 aliphatic carbocycles. The maximum Gasteiger partial charge on any atom is 0.266 e. The van der Waals surface area contributed by atoms with E-state index in [-0.39, 0.29) is 10.6 Å². The molecule has 140 valence electrons. The predicted molar refractivity (Wildman–Crippen MR) is 107 cm³/mol. The van der Waals surface area contributed by atoms with E-state index in [1.54, 1.807) is 24.7 Å². The van der Waals surface area contributed by atoms with Crippen molar-refractivity contribution in [2.75, 3.05) is 7.05 Å². The minimum atomic E-state index is -0.352. The van der Waals surface area contributed by atoms with Gasteiger partial charge in [-0.15, -0.1) is 0 Å². The highest BCUT2D eigenvalue weighted by molar-refractivity contribution is 6.30. The number of H-pyrrole nitrogens is 1. The van der Waals surface area contributed by atoms with Crippen molar-refractivity contribution in [1.29, 1.82) is 0 Å². The molecule has 4 rings (SSSR count). The van der Waals surface area contributed by atoms with E-state index in [0.29, 0.717) is 28.4 Å². The molecule has 0 aliphatic rings. The van der Waals surface area contributed by atoms with Crippen molar-refractivity contribution in [2.24, 2.45) is 0 Å². The molecule has 1 aromatic carbocycles. The number of rotatable bonds is 5. The molecular formula is C20H16ClN5O2. The van der Waals surface area contributed by atoms with Crippen LogP contribution in [-0.2, 0) is 6.54 Å². The number of halogens is 1. The predicted octanol–water partition coefficient (Wildman–Crippen LogP) is 3.53. The summed E-state index contributed by atoms with van der Waals surface area (Å²) in [5.74, 6) is 0.499. The summed E-state index contributed by atoms with van der Waals surface area (Å²) in [6.45, 7) is 0.807. The summed E-state index contributed by atoms with van der Waals surface area (Å²) in [5, 5.41) is 7.35. The Morgan fingerprint density at radius 1 is 1.07 bits per heavy atom. The molecule has 2 N–H and O–H groups in total. The zero-order valence-corrected chi connectivity index (χ0v) is 15.7. The van der Waals surface area contributed by atoms with Gasteiger partial charge < -0.3 is 14.8 Å². The Morgan fingerprint density at radius 2 is 1.86 bits per heavy atom. The van der Waals surface area contributed by atoms with E-state index in [2.05, 4.69) is 25.4 Å². The standard InChI is InChI=1S/C20H16ClN5O2/c1-22-8-12-2-4-13(5-3-12)16-7-19(28-26-16)18-11-23-10-17(25-18)14-6-15(21)20(27)24-9-14/h2-7,9-11,22H,8H2,1H3,(H,24,27). The topological polar surface area (TPSA) is 96.7 Å². The van der Waals surface area contributed by atoms with Gasteiger partial charge in [-0.3, -0.25) is 9.78 Å². The van der Waals surface area contributed by atoms with E-state index in [4.69, 9.17) is 16.1 Å². The van der Waals surface area contributed by atoms with E-state index < -0.39 is 0 Å². The normalized spacial score (nSPS) is 10.9. The van der Waals surface area contributed by atoms with Crippen LogP contribution in [-0.4, -0.2) is 27.2 Å². The fourth-order valence-corrected chi connectivity index (χ4v) is 2.93. The van der Waals surface area contributed by atoms with Crippen LogP contribution in [0.25, 0.3) is 34.0 Å². The van der Waals surface area contributed by atoms with Crippen LogP contribution in [0.5, 0.6) is 0 Å². The molecule has 0 aliphatic heterocycles. The van der Waals surface area contributed by atoms with Gasteiger partial charge in [0.1, 0.15) is 16.4 Å². The third-order valence-corrected chi connectivity index (χ3v) is 4.46. The summed E-state index contributed by atoms with van der Waals surface area (Å²) in [5.41, 5.74) is 4.24. The van der Waals surface area contributed by atoms with Gasteiger partial charge in [-0.2, -0.15) is 0 Å². The van der Waals surface area contributed by atoms with Crippen LogP contribution in [0, 0.1) is 0 Å². The van der Waals surface area contributed by atoms with Crippen LogP contribution < -0.4 is 10.9 Å². The molecule has 0 unspecified atom stereocenters. The van der Waals surface area contributed by atoms with E-state index in [1.165, 1.54) is 5.56 Å². The number of aromatic amines is 1. The maximum atomic E-state index is 11.4. The first-order valence-corrected chi connectivity index (χ1v) is 8.93. The van der Waals surface area contributed by atoms with Crippen molar-refractivity contribution >= 4 is 11.6 Å². The lowest BCUT2D eigenvalue weighted by molar-refractivity contribution is 0.433. The Morgan fingerprint density at radius 3 is 2.61 bits per heavy atom. The lowest BCUT2D eigenvalue weighted by Gasteiger charge is -2.02. The highest BCUT2D eigenvalue weighted by Gasteiger charge is 2.12. The number of hydrogen-bond donors (Lipinski definition) is 2. The number of nitrogens with one attached hydrogen (secondary N) is 2. The Balaban J connectivity index is 1.63. The summed E-state index contributed by atoms with van der Waals surface area (Å²) >= 11 is 5.90. The van der Waals surface area contributed by atoms with Crippen LogP contribution in [0.3, 0.4) is 0 Å². The summed E-state index contributed by atoms with van der Waals surface area (Å²) in [6, 6.07) is 11.5. The number of hydrogen-bond acceptors (Lipinski definition) is 6. The SMILES string of the molecule is CNCc1ccc(-c2cc(-c3cncc(-c4c[nH]c(=O)c(Cl)c4)n3)on2)cc1. The van der Waals surface area contributed by atoms with Crippen molar-refractivity contribution in [3.05, 3.63) is 75.9 Å². The van der Waals surface area contributed by atoms with Crippen molar-refractivity contribution in [3.63, 3.8) is 0 Å². The number of benzene rings is 1. The van der Waals surface area contributed by atoms with E-state index in [1.807, 2.05) is 37.4 Å². The Labute approximate surface area is 165 Å². The van der Waals surface area contributed by atoms with Gasteiger partial charge >= 0.3 is 0 Å².